The molecule has 0 spiro atoms. The number of thiazole rings is 1. The molecule has 0 radical (unpaired) electrons. The largest absolute Gasteiger partial charge is 0.454 e. The van der Waals surface area contributed by atoms with Gasteiger partial charge in [0.05, 0.1) is 22.1 Å². The maximum absolute atomic E-state index is 12.6. The molecule has 4 rings (SSSR count). The van der Waals surface area contributed by atoms with Gasteiger partial charge in [-0.2, -0.15) is 0 Å². The van der Waals surface area contributed by atoms with Crippen LogP contribution >= 0.6 is 36.2 Å². The highest BCUT2D eigenvalue weighted by atomic mass is 35.5. The summed E-state index contributed by atoms with van der Waals surface area (Å²) in [5.74, 6) is 1.24. The summed E-state index contributed by atoms with van der Waals surface area (Å²) in [7, 11) is 0. The van der Waals surface area contributed by atoms with Crippen LogP contribution in [0, 0.1) is 12.8 Å². The highest BCUT2D eigenvalue weighted by molar-refractivity contribution is 7.09. The molecule has 0 unspecified atom stereocenters. The molecule has 0 saturated carbocycles. The fraction of sp³-hybridized carbons (Fsp3) is 0.444. The fourth-order valence-corrected chi connectivity index (χ4v) is 3.97. The normalized spacial score (nSPS) is 16.2. The van der Waals surface area contributed by atoms with E-state index in [2.05, 4.69) is 20.6 Å². The van der Waals surface area contributed by atoms with E-state index in [-0.39, 0.29) is 43.4 Å². The molecule has 28 heavy (non-hydrogen) atoms. The topological polar surface area (TPSA) is 89.7 Å². The lowest BCUT2D eigenvalue weighted by Gasteiger charge is -2.30. The third-order valence-corrected chi connectivity index (χ3v) is 5.64. The van der Waals surface area contributed by atoms with Crippen molar-refractivity contribution in [2.24, 2.45) is 5.92 Å². The van der Waals surface area contributed by atoms with Gasteiger partial charge in [-0.1, -0.05) is 0 Å². The zero-order valence-electron chi connectivity index (χ0n) is 15.5. The van der Waals surface area contributed by atoms with Crippen LogP contribution in [0.3, 0.4) is 0 Å². The van der Waals surface area contributed by atoms with E-state index in [1.807, 2.05) is 6.92 Å². The van der Waals surface area contributed by atoms with Crippen molar-refractivity contribution in [1.29, 1.82) is 0 Å². The summed E-state index contributed by atoms with van der Waals surface area (Å²) in [4.78, 5) is 19.5. The molecule has 1 saturated heterocycles. The molecule has 1 aromatic heterocycles. The summed E-state index contributed by atoms with van der Waals surface area (Å²) in [6, 6.07) is 3.42. The Labute approximate surface area is 180 Å². The van der Waals surface area contributed by atoms with Crippen LogP contribution in [0.2, 0.25) is 0 Å². The van der Waals surface area contributed by atoms with Gasteiger partial charge in [0.25, 0.3) is 0 Å². The number of aryl methyl sites for hydroxylation is 1. The summed E-state index contributed by atoms with van der Waals surface area (Å²) in [5.41, 5.74) is 8.20. The van der Waals surface area contributed by atoms with Crippen molar-refractivity contribution >= 4 is 53.4 Å². The Balaban J connectivity index is 0.00000140. The second kappa shape index (κ2) is 9.65. The summed E-state index contributed by atoms with van der Waals surface area (Å²) in [5, 5.41) is 6.15. The number of amides is 1. The SMILES string of the molecule is Cc1nc(CN2CCC(C(=O)Nc3cc4c(cc3N)OCO4)CC2)cs1.Cl.Cl. The van der Waals surface area contributed by atoms with Gasteiger partial charge in [-0.3, -0.25) is 9.69 Å². The van der Waals surface area contributed by atoms with Gasteiger partial charge in [-0.15, -0.1) is 36.2 Å². The molecular weight excluding hydrogens is 423 g/mol. The van der Waals surface area contributed by atoms with Crippen molar-refractivity contribution in [3.05, 3.63) is 28.2 Å². The number of carbonyl (C=O) groups excluding carboxylic acids is 1. The standard InChI is InChI=1S/C18H22N4O3S.2ClH/c1-11-20-13(9-26-11)8-22-4-2-12(3-5-22)18(23)21-15-7-17-16(6-14(15)19)24-10-25-17;;/h6-7,9,12H,2-5,8,10,19H2,1H3,(H,21,23);2*1H. The molecule has 1 amide bonds. The highest BCUT2D eigenvalue weighted by Crippen LogP contribution is 2.38. The van der Waals surface area contributed by atoms with E-state index in [0.717, 1.165) is 43.2 Å². The lowest BCUT2D eigenvalue weighted by atomic mass is 9.95. The number of hydrogen-bond acceptors (Lipinski definition) is 7. The number of fused-ring (bicyclic) bond motifs is 1. The van der Waals surface area contributed by atoms with Crippen molar-refractivity contribution in [3.8, 4) is 11.5 Å². The second-order valence-corrected chi connectivity index (χ2v) is 7.75. The summed E-state index contributed by atoms with van der Waals surface area (Å²) < 4.78 is 10.6. The number of hydrogen-bond donors (Lipinski definition) is 2. The number of nitrogen functional groups attached to an aromatic ring is 1. The molecule has 2 aromatic rings. The van der Waals surface area contributed by atoms with Gasteiger partial charge < -0.3 is 20.5 Å². The number of anilines is 2. The molecular formula is C18H24Cl2N4O3S. The van der Waals surface area contributed by atoms with E-state index in [0.29, 0.717) is 22.9 Å². The van der Waals surface area contributed by atoms with Gasteiger partial charge in [-0.25, -0.2) is 4.98 Å². The summed E-state index contributed by atoms with van der Waals surface area (Å²) in [6.07, 6.45) is 1.67. The Hall–Kier alpha value is -1.74. The Kier molecular flexibility index (Phi) is 7.77. The predicted molar refractivity (Wildman–Crippen MR) is 115 cm³/mol. The molecule has 10 heteroatoms. The van der Waals surface area contributed by atoms with Crippen molar-refractivity contribution in [3.63, 3.8) is 0 Å². The monoisotopic (exact) mass is 446 g/mol. The Morgan fingerprint density at radius 2 is 1.96 bits per heavy atom. The molecule has 2 aliphatic rings. The fourth-order valence-electron chi connectivity index (χ4n) is 3.36. The quantitative estimate of drug-likeness (QED) is 0.698. The van der Waals surface area contributed by atoms with E-state index in [1.165, 1.54) is 0 Å². The number of nitrogens with zero attached hydrogens (tertiary/aromatic N) is 2. The van der Waals surface area contributed by atoms with E-state index in [1.54, 1.807) is 23.5 Å². The Morgan fingerprint density at radius 1 is 1.29 bits per heavy atom. The third-order valence-electron chi connectivity index (χ3n) is 4.81. The summed E-state index contributed by atoms with van der Waals surface area (Å²) >= 11 is 1.68. The number of nitrogens with one attached hydrogen (secondary N) is 1. The molecule has 3 N–H and O–H groups in total. The van der Waals surface area contributed by atoms with Crippen LogP contribution in [0.15, 0.2) is 17.5 Å². The highest BCUT2D eigenvalue weighted by Gasteiger charge is 2.26. The van der Waals surface area contributed by atoms with Crippen LogP contribution in [0.25, 0.3) is 0 Å². The van der Waals surface area contributed by atoms with Gasteiger partial charge >= 0.3 is 0 Å². The van der Waals surface area contributed by atoms with E-state index < -0.39 is 0 Å². The molecule has 0 aliphatic carbocycles. The molecule has 0 atom stereocenters. The maximum Gasteiger partial charge on any atom is 0.231 e. The van der Waals surface area contributed by atoms with Gasteiger partial charge in [0, 0.05) is 30.0 Å². The van der Waals surface area contributed by atoms with Crippen LogP contribution in [0.5, 0.6) is 11.5 Å². The van der Waals surface area contributed by atoms with Gasteiger partial charge in [-0.05, 0) is 32.9 Å². The van der Waals surface area contributed by atoms with Crippen LogP contribution < -0.4 is 20.5 Å². The minimum absolute atomic E-state index is 0. The van der Waals surface area contributed by atoms with Crippen LogP contribution in [-0.2, 0) is 11.3 Å². The van der Waals surface area contributed by atoms with Crippen LogP contribution in [0.1, 0.15) is 23.5 Å². The zero-order valence-corrected chi connectivity index (χ0v) is 17.9. The van der Waals surface area contributed by atoms with Crippen LogP contribution in [0.4, 0.5) is 11.4 Å². The number of piperidine rings is 1. The first-order valence-electron chi connectivity index (χ1n) is 8.72. The van der Waals surface area contributed by atoms with Gasteiger partial charge in [0.15, 0.2) is 11.5 Å². The molecule has 1 aromatic carbocycles. The second-order valence-electron chi connectivity index (χ2n) is 6.69. The van der Waals surface area contributed by atoms with Crippen LogP contribution in [-0.4, -0.2) is 35.7 Å². The third kappa shape index (κ3) is 5.00. The Morgan fingerprint density at radius 3 is 2.61 bits per heavy atom. The maximum atomic E-state index is 12.6. The number of nitrogens with two attached hydrogens (primary N) is 1. The van der Waals surface area contributed by atoms with E-state index in [9.17, 15) is 4.79 Å². The number of likely N-dealkylation sites (tertiary alicyclic amines) is 1. The molecule has 1 fully saturated rings. The smallest absolute Gasteiger partial charge is 0.231 e. The number of rotatable bonds is 4. The molecule has 2 aliphatic heterocycles. The molecule has 7 nitrogen and oxygen atoms in total. The average Bonchev–Trinajstić information content (AvgIpc) is 3.24. The predicted octanol–water partition coefficient (Wildman–Crippen LogP) is 3.46. The van der Waals surface area contributed by atoms with E-state index in [4.69, 9.17) is 15.2 Å². The molecule has 0 bridgehead atoms. The molecule has 154 valence electrons. The average molecular weight is 447 g/mol. The number of ether oxygens (including phenoxy) is 2. The van der Waals surface area contributed by atoms with Gasteiger partial charge in [0.2, 0.25) is 12.7 Å². The van der Waals surface area contributed by atoms with E-state index >= 15 is 0 Å². The molecule has 3 heterocycles. The number of benzene rings is 1. The number of halogens is 2. The summed E-state index contributed by atoms with van der Waals surface area (Å²) in [6.45, 7) is 4.85. The first kappa shape index (κ1) is 22.5. The zero-order chi connectivity index (χ0) is 18.1. The van der Waals surface area contributed by atoms with Crippen molar-refractivity contribution < 1.29 is 14.3 Å². The first-order chi connectivity index (χ1) is 12.6. The number of carbonyl (C=O) groups is 1. The minimum Gasteiger partial charge on any atom is -0.454 e. The van der Waals surface area contributed by atoms with Gasteiger partial charge in [0.1, 0.15) is 0 Å². The minimum atomic E-state index is -0.00626. The first-order valence-corrected chi connectivity index (χ1v) is 9.60. The lowest BCUT2D eigenvalue weighted by molar-refractivity contribution is -0.121. The lowest BCUT2D eigenvalue weighted by Crippen LogP contribution is -2.37. The van der Waals surface area contributed by atoms with Crippen molar-refractivity contribution in [2.45, 2.75) is 26.3 Å². The Bertz CT molecular complexity index is 825. The van der Waals surface area contributed by atoms with Crippen molar-refractivity contribution in [2.75, 3.05) is 30.9 Å². The number of aromatic nitrogens is 1. The van der Waals surface area contributed by atoms with Crippen molar-refractivity contribution in [1.82, 2.24) is 9.88 Å².